The van der Waals surface area contributed by atoms with Crippen LogP contribution < -0.4 is 20.3 Å². The maximum Gasteiger partial charge on any atom is 0.255 e. The van der Waals surface area contributed by atoms with Crippen molar-refractivity contribution in [2.45, 2.75) is 18.5 Å². The van der Waals surface area contributed by atoms with Crippen molar-refractivity contribution >= 4 is 23.4 Å². The predicted molar refractivity (Wildman–Crippen MR) is 99.3 cm³/mol. The van der Waals surface area contributed by atoms with Crippen LogP contribution in [0.5, 0.6) is 11.5 Å². The summed E-state index contributed by atoms with van der Waals surface area (Å²) >= 11 is 1.12. The van der Waals surface area contributed by atoms with Gasteiger partial charge in [-0.15, -0.1) is 0 Å². The van der Waals surface area contributed by atoms with Crippen molar-refractivity contribution in [1.82, 2.24) is 9.97 Å². The molecule has 0 aliphatic heterocycles. The number of amides is 1. The van der Waals surface area contributed by atoms with Gasteiger partial charge < -0.3 is 24.9 Å². The fraction of sp³-hybridized carbons (Fsp3) is 0.353. The predicted octanol–water partition coefficient (Wildman–Crippen LogP) is 1.36. The van der Waals surface area contributed by atoms with E-state index in [9.17, 15) is 9.59 Å². The largest absolute Gasteiger partial charge is 0.497 e. The van der Waals surface area contributed by atoms with E-state index in [0.717, 1.165) is 11.8 Å². The highest BCUT2D eigenvalue weighted by molar-refractivity contribution is 7.99. The Kier molecular flexibility index (Phi) is 7.05. The number of carbonyl (C=O) groups is 1. The molecule has 0 bridgehead atoms. The van der Waals surface area contributed by atoms with Gasteiger partial charge in [0.1, 0.15) is 11.5 Å². The number of hydrogen-bond acceptors (Lipinski definition) is 7. The van der Waals surface area contributed by atoms with Gasteiger partial charge in [0, 0.05) is 30.4 Å². The molecule has 1 aromatic heterocycles. The average Bonchev–Trinajstić information content (AvgIpc) is 2.63. The molecule has 3 N–H and O–H groups in total. The monoisotopic (exact) mass is 379 g/mol. The van der Waals surface area contributed by atoms with Crippen LogP contribution >= 0.6 is 11.8 Å². The van der Waals surface area contributed by atoms with Gasteiger partial charge >= 0.3 is 0 Å². The molecule has 0 saturated heterocycles. The number of rotatable bonds is 8. The van der Waals surface area contributed by atoms with Crippen LogP contribution in [-0.2, 0) is 11.2 Å². The molecule has 8 nitrogen and oxygen atoms in total. The molecule has 0 unspecified atom stereocenters. The van der Waals surface area contributed by atoms with Gasteiger partial charge in [-0.3, -0.25) is 9.59 Å². The summed E-state index contributed by atoms with van der Waals surface area (Å²) < 4.78 is 10.4. The van der Waals surface area contributed by atoms with Crippen molar-refractivity contribution in [3.63, 3.8) is 0 Å². The number of aromatic amines is 1. The van der Waals surface area contributed by atoms with Crippen molar-refractivity contribution in [3.05, 3.63) is 39.8 Å². The summed E-state index contributed by atoms with van der Waals surface area (Å²) in [6.45, 7) is 1.58. The topological polar surface area (TPSA) is 114 Å². The molecule has 1 amide bonds. The van der Waals surface area contributed by atoms with E-state index in [-0.39, 0.29) is 30.2 Å². The summed E-state index contributed by atoms with van der Waals surface area (Å²) in [6.07, 6.45) is 0.247. The molecule has 140 valence electrons. The van der Waals surface area contributed by atoms with Crippen LogP contribution in [0.4, 0.5) is 5.69 Å². The van der Waals surface area contributed by atoms with E-state index in [1.54, 1.807) is 32.2 Å². The number of H-pyrrole nitrogens is 1. The molecule has 26 heavy (non-hydrogen) atoms. The van der Waals surface area contributed by atoms with Crippen molar-refractivity contribution in [1.29, 1.82) is 0 Å². The Bertz CT molecular complexity index is 838. The lowest BCUT2D eigenvalue weighted by atomic mass is 10.2. The summed E-state index contributed by atoms with van der Waals surface area (Å²) in [5.41, 5.74) is 1.22. The smallest absolute Gasteiger partial charge is 0.255 e. The lowest BCUT2D eigenvalue weighted by molar-refractivity contribution is -0.113. The van der Waals surface area contributed by atoms with Crippen LogP contribution in [0.25, 0.3) is 0 Å². The standard InChI is InChI=1S/C17H21N3O5S/c1-10-12(6-7-21)16(23)20-17(18-10)26-9-15(22)19-13-5-4-11(24-2)8-14(13)25-3/h4-5,8,21H,6-7,9H2,1-3H3,(H,19,22)(H,18,20,23). The molecule has 0 atom stereocenters. The maximum absolute atomic E-state index is 12.2. The van der Waals surface area contributed by atoms with Crippen LogP contribution in [-0.4, -0.2) is 47.6 Å². The fourth-order valence-electron chi connectivity index (χ4n) is 2.28. The van der Waals surface area contributed by atoms with E-state index < -0.39 is 0 Å². The second kappa shape index (κ2) is 9.25. The van der Waals surface area contributed by atoms with Crippen molar-refractivity contribution < 1.29 is 19.4 Å². The number of aliphatic hydroxyl groups excluding tert-OH is 1. The number of nitrogens with zero attached hydrogens (tertiary/aromatic N) is 1. The van der Waals surface area contributed by atoms with Crippen LogP contribution in [0.15, 0.2) is 28.2 Å². The minimum Gasteiger partial charge on any atom is -0.497 e. The lowest BCUT2D eigenvalue weighted by Gasteiger charge is -2.11. The first-order valence-corrected chi connectivity index (χ1v) is 8.82. The number of aryl methyl sites for hydroxylation is 1. The maximum atomic E-state index is 12.2. The molecule has 0 fully saturated rings. The van der Waals surface area contributed by atoms with Gasteiger partial charge in [-0.2, -0.15) is 0 Å². The number of anilines is 1. The Morgan fingerprint density at radius 3 is 2.73 bits per heavy atom. The molecular formula is C17H21N3O5S. The third-order valence-electron chi connectivity index (χ3n) is 3.59. The number of methoxy groups -OCH3 is 2. The Hall–Kier alpha value is -2.52. The normalized spacial score (nSPS) is 10.5. The van der Waals surface area contributed by atoms with Crippen LogP contribution in [0.2, 0.25) is 0 Å². The second-order valence-corrected chi connectivity index (χ2v) is 6.28. The number of carbonyl (C=O) groups excluding carboxylic acids is 1. The molecule has 0 saturated carbocycles. The van der Waals surface area contributed by atoms with Gasteiger partial charge in [0.15, 0.2) is 5.16 Å². The number of thioether (sulfide) groups is 1. The Balaban J connectivity index is 2.02. The van der Waals surface area contributed by atoms with Crippen molar-refractivity contribution in [3.8, 4) is 11.5 Å². The third-order valence-corrected chi connectivity index (χ3v) is 4.46. The SMILES string of the molecule is COc1ccc(NC(=O)CSc2nc(C)c(CCO)c(=O)[nH]2)c(OC)c1. The summed E-state index contributed by atoms with van der Waals surface area (Å²) in [6, 6.07) is 5.08. The van der Waals surface area contributed by atoms with Gasteiger partial charge in [0.2, 0.25) is 5.91 Å². The number of aliphatic hydroxyl groups is 1. The summed E-state index contributed by atoms with van der Waals surface area (Å²) in [7, 11) is 3.05. The molecule has 1 aromatic carbocycles. The number of aromatic nitrogens is 2. The van der Waals surface area contributed by atoms with E-state index in [4.69, 9.17) is 14.6 Å². The molecule has 2 aromatic rings. The molecule has 9 heteroatoms. The Morgan fingerprint density at radius 1 is 1.35 bits per heavy atom. The van der Waals surface area contributed by atoms with E-state index in [1.807, 2.05) is 0 Å². The second-order valence-electron chi connectivity index (χ2n) is 5.31. The molecular weight excluding hydrogens is 358 g/mol. The first kappa shape index (κ1) is 19.8. The average molecular weight is 379 g/mol. The zero-order chi connectivity index (χ0) is 19.1. The summed E-state index contributed by atoms with van der Waals surface area (Å²) in [4.78, 5) is 31.0. The zero-order valence-corrected chi connectivity index (χ0v) is 15.6. The van der Waals surface area contributed by atoms with Crippen LogP contribution in [0, 0.1) is 6.92 Å². The van der Waals surface area contributed by atoms with Gasteiger partial charge in [-0.25, -0.2) is 4.98 Å². The van der Waals surface area contributed by atoms with Crippen molar-refractivity contribution in [2.75, 3.05) is 31.9 Å². The molecule has 0 aliphatic rings. The Labute approximate surface area is 154 Å². The summed E-state index contributed by atoms with van der Waals surface area (Å²) in [5, 5.41) is 12.1. The number of nitrogens with one attached hydrogen (secondary N) is 2. The lowest BCUT2D eigenvalue weighted by Crippen LogP contribution is -2.19. The van der Waals surface area contributed by atoms with E-state index in [1.165, 1.54) is 7.11 Å². The third kappa shape index (κ3) is 4.99. The highest BCUT2D eigenvalue weighted by Gasteiger charge is 2.12. The number of hydrogen-bond donors (Lipinski definition) is 3. The van der Waals surface area contributed by atoms with Gasteiger partial charge in [-0.1, -0.05) is 11.8 Å². The highest BCUT2D eigenvalue weighted by Crippen LogP contribution is 2.29. The first-order valence-electron chi connectivity index (χ1n) is 7.83. The van der Waals surface area contributed by atoms with E-state index >= 15 is 0 Å². The molecule has 0 aliphatic carbocycles. The van der Waals surface area contributed by atoms with Gasteiger partial charge in [-0.05, 0) is 19.1 Å². The van der Waals surface area contributed by atoms with Crippen LogP contribution in [0.1, 0.15) is 11.3 Å². The number of benzene rings is 1. The molecule has 1 heterocycles. The van der Waals surface area contributed by atoms with E-state index in [2.05, 4.69) is 15.3 Å². The van der Waals surface area contributed by atoms with Gasteiger partial charge in [0.05, 0.1) is 25.7 Å². The minimum absolute atomic E-state index is 0.0664. The first-order chi connectivity index (χ1) is 12.5. The molecule has 0 radical (unpaired) electrons. The van der Waals surface area contributed by atoms with Crippen LogP contribution in [0.3, 0.4) is 0 Å². The minimum atomic E-state index is -0.300. The van der Waals surface area contributed by atoms with Gasteiger partial charge in [0.25, 0.3) is 5.56 Å². The summed E-state index contributed by atoms with van der Waals surface area (Å²) in [5.74, 6) is 0.905. The Morgan fingerprint density at radius 2 is 2.12 bits per heavy atom. The zero-order valence-electron chi connectivity index (χ0n) is 14.8. The van der Waals surface area contributed by atoms with Crippen molar-refractivity contribution in [2.24, 2.45) is 0 Å². The highest BCUT2D eigenvalue weighted by atomic mass is 32.2. The molecule has 2 rings (SSSR count). The van der Waals surface area contributed by atoms with E-state index in [0.29, 0.717) is 33.6 Å². The number of ether oxygens (including phenoxy) is 2. The molecule has 0 spiro atoms. The fourth-order valence-corrected chi connectivity index (χ4v) is 2.99. The quantitative estimate of drug-likeness (QED) is 0.469.